The van der Waals surface area contributed by atoms with E-state index in [9.17, 15) is 9.59 Å². The Morgan fingerprint density at radius 3 is 0.833 bits per heavy atom. The fraction of sp³-hybridized carbons (Fsp3) is 0.500. The molecule has 6 N–H and O–H groups in total. The largest absolute Gasteiger partial charge is 0.473 e. The van der Waals surface area contributed by atoms with E-state index in [1.807, 2.05) is 0 Å². The standard InChI is InChI=1S/2C3H8N2O.C2H2O4/c2*1-5(2)3(4)6;3-1(4)2(5)6/h2*1-2H3,(H2,4,6);(H,3,4)(H,5,6). The number of carboxylic acids is 2. The van der Waals surface area contributed by atoms with Crippen LogP contribution in [0.5, 0.6) is 0 Å². The minimum absolute atomic E-state index is 0.407. The topological polar surface area (TPSA) is 167 Å². The van der Waals surface area contributed by atoms with E-state index >= 15 is 0 Å². The fourth-order valence-corrected chi connectivity index (χ4v) is 0. The molecule has 0 rings (SSSR count). The highest BCUT2D eigenvalue weighted by Crippen LogP contribution is 1.66. The van der Waals surface area contributed by atoms with Gasteiger partial charge in [0.1, 0.15) is 0 Å². The monoisotopic (exact) mass is 266 g/mol. The van der Waals surface area contributed by atoms with Gasteiger partial charge in [0.15, 0.2) is 0 Å². The number of nitrogens with two attached hydrogens (primary N) is 2. The lowest BCUT2D eigenvalue weighted by molar-refractivity contribution is -0.159. The van der Waals surface area contributed by atoms with Crippen LogP contribution in [0.4, 0.5) is 9.59 Å². The molecule has 0 aliphatic carbocycles. The summed E-state index contributed by atoms with van der Waals surface area (Å²) in [6, 6.07) is -0.815. The van der Waals surface area contributed by atoms with Gasteiger partial charge in [0, 0.05) is 28.2 Å². The van der Waals surface area contributed by atoms with Crippen LogP contribution >= 0.6 is 0 Å². The number of hydrogen-bond acceptors (Lipinski definition) is 4. The molecule has 10 heteroatoms. The van der Waals surface area contributed by atoms with Crippen molar-refractivity contribution in [3.05, 3.63) is 0 Å². The second-order valence-electron chi connectivity index (χ2n) is 3.08. The van der Waals surface area contributed by atoms with E-state index in [1.165, 1.54) is 9.80 Å². The Morgan fingerprint density at radius 2 is 0.833 bits per heavy atom. The molecule has 0 aliphatic heterocycles. The third-order valence-corrected chi connectivity index (χ3v) is 1.06. The molecule has 0 spiro atoms. The third kappa shape index (κ3) is 23.4. The Labute approximate surface area is 104 Å². The number of nitrogens with zero attached hydrogens (tertiary/aromatic N) is 2. The van der Waals surface area contributed by atoms with Gasteiger partial charge in [-0.2, -0.15) is 0 Å². The first-order valence-electron chi connectivity index (χ1n) is 4.33. The second-order valence-corrected chi connectivity index (χ2v) is 3.08. The molecule has 106 valence electrons. The first-order valence-corrected chi connectivity index (χ1v) is 4.33. The Bertz CT molecular complexity index is 272. The Hall–Kier alpha value is -2.52. The SMILES string of the molecule is CN(C)C(N)=O.CN(C)C(N)=O.O=C(O)C(=O)O. The van der Waals surface area contributed by atoms with E-state index in [-0.39, 0.29) is 0 Å². The molecular weight excluding hydrogens is 248 g/mol. The van der Waals surface area contributed by atoms with E-state index in [0.29, 0.717) is 0 Å². The average Bonchev–Trinajstić information content (AvgIpc) is 2.18. The first kappa shape index (κ1) is 20.8. The van der Waals surface area contributed by atoms with Crippen LogP contribution in [0.3, 0.4) is 0 Å². The van der Waals surface area contributed by atoms with Crippen molar-refractivity contribution < 1.29 is 29.4 Å². The number of aliphatic carboxylic acids is 2. The molecule has 0 atom stereocenters. The van der Waals surface area contributed by atoms with Crippen LogP contribution in [0, 0.1) is 0 Å². The Balaban J connectivity index is -0.000000187. The maximum atomic E-state index is 9.85. The molecule has 0 aromatic rings. The zero-order chi connectivity index (χ0) is 15.5. The molecular formula is C8H18N4O6. The number of carboxylic acid groups (broad SMARTS) is 2. The quantitative estimate of drug-likeness (QED) is 0.385. The highest BCUT2D eigenvalue weighted by molar-refractivity contribution is 6.27. The van der Waals surface area contributed by atoms with Crippen molar-refractivity contribution in [2.24, 2.45) is 11.5 Å². The minimum Gasteiger partial charge on any atom is -0.473 e. The molecule has 0 saturated carbocycles. The van der Waals surface area contributed by atoms with Crippen molar-refractivity contribution in [2.45, 2.75) is 0 Å². The van der Waals surface area contributed by atoms with Crippen LogP contribution in [0.15, 0.2) is 0 Å². The molecule has 0 saturated heterocycles. The summed E-state index contributed by atoms with van der Waals surface area (Å²) >= 11 is 0. The molecule has 0 aromatic carbocycles. The average molecular weight is 266 g/mol. The van der Waals surface area contributed by atoms with E-state index in [0.717, 1.165) is 0 Å². The van der Waals surface area contributed by atoms with E-state index in [2.05, 4.69) is 0 Å². The number of primary amides is 2. The number of carbonyl (C=O) groups is 4. The van der Waals surface area contributed by atoms with Crippen LogP contribution in [-0.4, -0.2) is 72.2 Å². The summed E-state index contributed by atoms with van der Waals surface area (Å²) in [7, 11) is 6.40. The number of amides is 4. The maximum absolute atomic E-state index is 9.85. The summed E-state index contributed by atoms with van der Waals surface area (Å²) in [4.78, 5) is 40.5. The summed E-state index contributed by atoms with van der Waals surface area (Å²) in [5.41, 5.74) is 9.44. The van der Waals surface area contributed by atoms with Crippen molar-refractivity contribution in [1.82, 2.24) is 9.80 Å². The summed E-state index contributed by atoms with van der Waals surface area (Å²) in [6.45, 7) is 0. The molecule has 0 aliphatic rings. The summed E-state index contributed by atoms with van der Waals surface area (Å²) in [6.07, 6.45) is 0. The van der Waals surface area contributed by atoms with Gasteiger partial charge in [0.05, 0.1) is 0 Å². The van der Waals surface area contributed by atoms with Gasteiger partial charge in [-0.25, -0.2) is 19.2 Å². The van der Waals surface area contributed by atoms with Crippen LogP contribution in [0.2, 0.25) is 0 Å². The molecule has 0 radical (unpaired) electrons. The smallest absolute Gasteiger partial charge is 0.414 e. The predicted octanol–water partition coefficient (Wildman–Crippen LogP) is -1.59. The minimum atomic E-state index is -1.82. The van der Waals surface area contributed by atoms with Gasteiger partial charge in [-0.3, -0.25) is 0 Å². The summed E-state index contributed by atoms with van der Waals surface area (Å²) < 4.78 is 0. The summed E-state index contributed by atoms with van der Waals surface area (Å²) in [5, 5.41) is 14.8. The number of hydrogen-bond donors (Lipinski definition) is 4. The van der Waals surface area contributed by atoms with Crippen LogP contribution < -0.4 is 11.5 Å². The van der Waals surface area contributed by atoms with Gasteiger partial charge in [0.2, 0.25) is 0 Å². The Kier molecular flexibility index (Phi) is 12.7. The molecule has 0 heterocycles. The zero-order valence-electron chi connectivity index (χ0n) is 10.6. The lowest BCUT2D eigenvalue weighted by Gasteiger charge is -2.01. The predicted molar refractivity (Wildman–Crippen MR) is 61.8 cm³/mol. The van der Waals surface area contributed by atoms with Gasteiger partial charge >= 0.3 is 24.0 Å². The van der Waals surface area contributed by atoms with E-state index in [4.69, 9.17) is 31.3 Å². The normalized spacial score (nSPS) is 7.56. The van der Waals surface area contributed by atoms with Gasteiger partial charge < -0.3 is 31.5 Å². The zero-order valence-corrected chi connectivity index (χ0v) is 10.6. The molecule has 4 amide bonds. The molecule has 10 nitrogen and oxygen atoms in total. The van der Waals surface area contributed by atoms with Crippen molar-refractivity contribution in [3.63, 3.8) is 0 Å². The Morgan fingerprint density at radius 1 is 0.722 bits per heavy atom. The van der Waals surface area contributed by atoms with Gasteiger partial charge in [-0.1, -0.05) is 0 Å². The van der Waals surface area contributed by atoms with Gasteiger partial charge in [0.25, 0.3) is 0 Å². The van der Waals surface area contributed by atoms with Gasteiger partial charge in [-0.15, -0.1) is 0 Å². The molecule has 18 heavy (non-hydrogen) atoms. The van der Waals surface area contributed by atoms with Crippen molar-refractivity contribution in [3.8, 4) is 0 Å². The van der Waals surface area contributed by atoms with Crippen molar-refractivity contribution >= 4 is 24.0 Å². The lowest BCUT2D eigenvalue weighted by atomic mass is 10.7. The summed E-state index contributed by atoms with van der Waals surface area (Å²) in [5.74, 6) is -3.65. The molecule has 0 fully saturated rings. The highest BCUT2D eigenvalue weighted by atomic mass is 16.4. The fourth-order valence-electron chi connectivity index (χ4n) is 0. The third-order valence-electron chi connectivity index (χ3n) is 1.06. The highest BCUT2D eigenvalue weighted by Gasteiger charge is 2.04. The second kappa shape index (κ2) is 11.0. The first-order chi connectivity index (χ1) is 7.93. The number of rotatable bonds is 0. The van der Waals surface area contributed by atoms with Crippen LogP contribution in [0.1, 0.15) is 0 Å². The lowest BCUT2D eigenvalue weighted by Crippen LogP contribution is -2.27. The van der Waals surface area contributed by atoms with Crippen molar-refractivity contribution in [1.29, 1.82) is 0 Å². The maximum Gasteiger partial charge on any atom is 0.414 e. The van der Waals surface area contributed by atoms with Crippen molar-refractivity contribution in [2.75, 3.05) is 28.2 Å². The molecule has 0 bridgehead atoms. The van der Waals surface area contributed by atoms with Crippen LogP contribution in [0.25, 0.3) is 0 Å². The van der Waals surface area contributed by atoms with Crippen LogP contribution in [-0.2, 0) is 9.59 Å². The van der Waals surface area contributed by atoms with Gasteiger partial charge in [-0.05, 0) is 0 Å². The molecule has 0 unspecified atom stereocenters. The molecule has 0 aromatic heterocycles. The number of carbonyl (C=O) groups excluding carboxylic acids is 2. The number of urea groups is 2. The van der Waals surface area contributed by atoms with E-state index < -0.39 is 24.0 Å². The van der Waals surface area contributed by atoms with E-state index in [1.54, 1.807) is 28.2 Å².